The monoisotopic (exact) mass is 309 g/mol. The molecule has 1 aromatic heterocycles. The summed E-state index contributed by atoms with van der Waals surface area (Å²) in [5.74, 6) is 1.69. The molecule has 0 spiro atoms. The van der Waals surface area contributed by atoms with E-state index in [4.69, 9.17) is 11.6 Å². The Hall–Kier alpha value is -0.830. The standard InChI is InChI=1S/C17H28ClN3/c1-5-17(6-2)7-9-21(10-8-17)15-12-19-16(13(3)4)20-14(15)11-18/h12-13H,5-11H2,1-4H3. The van der Waals surface area contributed by atoms with E-state index in [0.29, 0.717) is 17.2 Å². The Morgan fingerprint density at radius 3 is 2.33 bits per heavy atom. The minimum atomic E-state index is 0.343. The van der Waals surface area contributed by atoms with Gasteiger partial charge in [-0.2, -0.15) is 0 Å². The molecule has 0 aromatic carbocycles. The highest BCUT2D eigenvalue weighted by Gasteiger charge is 2.32. The summed E-state index contributed by atoms with van der Waals surface area (Å²) in [5.41, 5.74) is 2.65. The average Bonchev–Trinajstić information content (AvgIpc) is 2.54. The lowest BCUT2D eigenvalue weighted by Crippen LogP contribution is -2.40. The summed E-state index contributed by atoms with van der Waals surface area (Å²) in [6, 6.07) is 0. The fourth-order valence-corrected chi connectivity index (χ4v) is 3.44. The van der Waals surface area contributed by atoms with Crippen LogP contribution < -0.4 is 4.90 Å². The molecular formula is C17H28ClN3. The van der Waals surface area contributed by atoms with Crippen LogP contribution in [0.15, 0.2) is 6.20 Å². The van der Waals surface area contributed by atoms with Gasteiger partial charge < -0.3 is 4.90 Å². The lowest BCUT2D eigenvalue weighted by Gasteiger charge is -2.42. The molecule has 2 heterocycles. The average molecular weight is 310 g/mol. The van der Waals surface area contributed by atoms with Crippen LogP contribution in [0, 0.1) is 5.41 Å². The Kier molecular flexibility index (Phi) is 5.48. The molecule has 2 rings (SSSR count). The summed E-state index contributed by atoms with van der Waals surface area (Å²) < 4.78 is 0. The third kappa shape index (κ3) is 3.50. The molecule has 1 saturated heterocycles. The second-order valence-electron chi connectivity index (χ2n) is 6.54. The van der Waals surface area contributed by atoms with E-state index in [9.17, 15) is 0 Å². The van der Waals surface area contributed by atoms with Gasteiger partial charge in [-0.1, -0.05) is 40.5 Å². The maximum absolute atomic E-state index is 6.12. The summed E-state index contributed by atoms with van der Waals surface area (Å²) in [6.07, 6.45) is 7.05. The van der Waals surface area contributed by atoms with Gasteiger partial charge in [0.1, 0.15) is 5.82 Å². The molecule has 4 heteroatoms. The summed E-state index contributed by atoms with van der Waals surface area (Å²) in [7, 11) is 0. The van der Waals surface area contributed by atoms with Gasteiger partial charge >= 0.3 is 0 Å². The molecule has 1 fully saturated rings. The van der Waals surface area contributed by atoms with Crippen molar-refractivity contribution >= 4 is 17.3 Å². The van der Waals surface area contributed by atoms with Gasteiger partial charge in [0, 0.05) is 19.0 Å². The second-order valence-corrected chi connectivity index (χ2v) is 6.81. The van der Waals surface area contributed by atoms with Crippen molar-refractivity contribution in [1.82, 2.24) is 9.97 Å². The van der Waals surface area contributed by atoms with Crippen molar-refractivity contribution < 1.29 is 0 Å². The first-order chi connectivity index (χ1) is 10.0. The maximum atomic E-state index is 6.12. The predicted octanol–water partition coefficient (Wildman–Crippen LogP) is 4.75. The zero-order valence-electron chi connectivity index (χ0n) is 13.8. The van der Waals surface area contributed by atoms with Crippen LogP contribution in [-0.4, -0.2) is 23.1 Å². The van der Waals surface area contributed by atoms with Crippen LogP contribution in [0.4, 0.5) is 5.69 Å². The molecule has 0 saturated carbocycles. The molecule has 1 aliphatic heterocycles. The van der Waals surface area contributed by atoms with Crippen molar-refractivity contribution in [3.63, 3.8) is 0 Å². The van der Waals surface area contributed by atoms with Gasteiger partial charge in [-0.3, -0.25) is 0 Å². The van der Waals surface area contributed by atoms with Gasteiger partial charge in [-0.25, -0.2) is 9.97 Å². The smallest absolute Gasteiger partial charge is 0.131 e. The van der Waals surface area contributed by atoms with Gasteiger partial charge in [0.2, 0.25) is 0 Å². The minimum absolute atomic E-state index is 0.343. The van der Waals surface area contributed by atoms with Crippen LogP contribution in [-0.2, 0) is 5.88 Å². The highest BCUT2D eigenvalue weighted by atomic mass is 35.5. The summed E-state index contributed by atoms with van der Waals surface area (Å²) in [5, 5.41) is 0. The van der Waals surface area contributed by atoms with E-state index in [1.54, 1.807) is 0 Å². The lowest BCUT2D eigenvalue weighted by molar-refractivity contribution is 0.199. The number of piperidine rings is 1. The topological polar surface area (TPSA) is 29.0 Å². The van der Waals surface area contributed by atoms with E-state index in [1.807, 2.05) is 6.20 Å². The normalized spacial score (nSPS) is 18.3. The molecule has 0 bridgehead atoms. The first kappa shape index (κ1) is 16.5. The number of alkyl halides is 1. The molecule has 21 heavy (non-hydrogen) atoms. The summed E-state index contributed by atoms with van der Waals surface area (Å²) in [4.78, 5) is 11.6. The molecule has 0 amide bonds. The van der Waals surface area contributed by atoms with Gasteiger partial charge in [0.05, 0.1) is 23.5 Å². The molecular weight excluding hydrogens is 282 g/mol. The zero-order valence-corrected chi connectivity index (χ0v) is 14.6. The molecule has 118 valence electrons. The highest BCUT2D eigenvalue weighted by Crippen LogP contribution is 2.39. The zero-order chi connectivity index (χ0) is 15.5. The van der Waals surface area contributed by atoms with Crippen molar-refractivity contribution in [2.24, 2.45) is 5.41 Å². The third-order valence-corrected chi connectivity index (χ3v) is 5.43. The van der Waals surface area contributed by atoms with E-state index in [2.05, 4.69) is 42.6 Å². The van der Waals surface area contributed by atoms with Gasteiger partial charge in [0.25, 0.3) is 0 Å². The molecule has 0 unspecified atom stereocenters. The number of halogens is 1. The van der Waals surface area contributed by atoms with Crippen LogP contribution in [0.25, 0.3) is 0 Å². The number of aromatic nitrogens is 2. The van der Waals surface area contributed by atoms with Crippen molar-refractivity contribution in [3.05, 3.63) is 17.7 Å². The van der Waals surface area contributed by atoms with Gasteiger partial charge in [0.15, 0.2) is 0 Å². The Balaban J connectivity index is 2.16. The van der Waals surface area contributed by atoms with E-state index < -0.39 is 0 Å². The predicted molar refractivity (Wildman–Crippen MR) is 90.1 cm³/mol. The van der Waals surface area contributed by atoms with Gasteiger partial charge in [-0.15, -0.1) is 11.6 Å². The molecule has 0 N–H and O–H groups in total. The summed E-state index contributed by atoms with van der Waals surface area (Å²) >= 11 is 6.12. The number of hydrogen-bond acceptors (Lipinski definition) is 3. The molecule has 0 aliphatic carbocycles. The van der Waals surface area contributed by atoms with Crippen molar-refractivity contribution in [3.8, 4) is 0 Å². The molecule has 1 aliphatic rings. The Morgan fingerprint density at radius 1 is 1.24 bits per heavy atom. The van der Waals surface area contributed by atoms with Crippen molar-refractivity contribution in [2.75, 3.05) is 18.0 Å². The van der Waals surface area contributed by atoms with Crippen molar-refractivity contribution in [1.29, 1.82) is 0 Å². The fourth-order valence-electron chi connectivity index (χ4n) is 3.25. The maximum Gasteiger partial charge on any atom is 0.131 e. The van der Waals surface area contributed by atoms with Crippen LogP contribution in [0.3, 0.4) is 0 Å². The van der Waals surface area contributed by atoms with Gasteiger partial charge in [-0.05, 0) is 18.3 Å². The van der Waals surface area contributed by atoms with Crippen molar-refractivity contribution in [2.45, 2.75) is 65.2 Å². The highest BCUT2D eigenvalue weighted by molar-refractivity contribution is 6.17. The quantitative estimate of drug-likeness (QED) is 0.735. The van der Waals surface area contributed by atoms with Crippen LogP contribution in [0.1, 0.15) is 70.8 Å². The number of hydrogen-bond donors (Lipinski definition) is 0. The summed E-state index contributed by atoms with van der Waals surface area (Å²) in [6.45, 7) is 11.1. The minimum Gasteiger partial charge on any atom is -0.369 e. The Labute approximate surface area is 134 Å². The van der Waals surface area contributed by atoms with Crippen LogP contribution >= 0.6 is 11.6 Å². The van der Waals surface area contributed by atoms with E-state index in [1.165, 1.54) is 25.7 Å². The molecule has 0 atom stereocenters. The third-order valence-electron chi connectivity index (χ3n) is 5.17. The van der Waals surface area contributed by atoms with Crippen LogP contribution in [0.5, 0.6) is 0 Å². The first-order valence-electron chi connectivity index (χ1n) is 8.22. The molecule has 3 nitrogen and oxygen atoms in total. The number of anilines is 1. The SMILES string of the molecule is CCC1(CC)CCN(c2cnc(C(C)C)nc2CCl)CC1. The van der Waals surface area contributed by atoms with E-state index >= 15 is 0 Å². The fraction of sp³-hybridized carbons (Fsp3) is 0.765. The first-order valence-corrected chi connectivity index (χ1v) is 8.75. The van der Waals surface area contributed by atoms with Crippen LogP contribution in [0.2, 0.25) is 0 Å². The number of nitrogens with zero attached hydrogens (tertiary/aromatic N) is 3. The second kappa shape index (κ2) is 6.95. The molecule has 1 aromatic rings. The Morgan fingerprint density at radius 2 is 1.86 bits per heavy atom. The number of rotatable bonds is 5. The lowest BCUT2D eigenvalue weighted by atomic mass is 9.74. The Bertz CT molecular complexity index is 459. The van der Waals surface area contributed by atoms with E-state index in [0.717, 1.165) is 30.3 Å². The largest absolute Gasteiger partial charge is 0.369 e. The molecule has 0 radical (unpaired) electrons. The van der Waals surface area contributed by atoms with E-state index in [-0.39, 0.29) is 0 Å².